The highest BCUT2D eigenvalue weighted by Crippen LogP contribution is 2.15. The summed E-state index contributed by atoms with van der Waals surface area (Å²) in [5.41, 5.74) is 9.98. The number of carbonyl (C=O) groups is 3. The number of ether oxygens (including phenoxy) is 1. The van der Waals surface area contributed by atoms with Gasteiger partial charge in [0.25, 0.3) is 0 Å². The first-order chi connectivity index (χ1) is 16.3. The van der Waals surface area contributed by atoms with E-state index < -0.39 is 36.1 Å². The van der Waals surface area contributed by atoms with E-state index in [1.54, 1.807) is 18.2 Å². The maximum Gasteiger partial charge on any atom is 0.417 e. The molecule has 0 aliphatic carbocycles. The lowest BCUT2D eigenvalue weighted by molar-refractivity contribution is -0.139. The van der Waals surface area contributed by atoms with Crippen LogP contribution in [-0.2, 0) is 32.2 Å². The Hall–Kier alpha value is -3.21. The smallest absolute Gasteiger partial charge is 0.417 e. The largest absolute Gasteiger partial charge is 0.444 e. The first-order valence-electron chi connectivity index (χ1n) is 10.7. The van der Waals surface area contributed by atoms with Gasteiger partial charge in [0.15, 0.2) is 0 Å². The normalized spacial score (nSPS) is 16.6. The van der Waals surface area contributed by atoms with Crippen molar-refractivity contribution in [2.45, 2.75) is 38.1 Å². The number of hydrogen-bond donors (Lipinski definition) is 3. The third-order valence-corrected chi connectivity index (χ3v) is 5.46. The number of nitrogens with one attached hydrogen (secondary N) is 2. The maximum atomic E-state index is 13.3. The van der Waals surface area contributed by atoms with E-state index in [0.29, 0.717) is 4.61 Å². The van der Waals surface area contributed by atoms with Crippen LogP contribution in [0.5, 0.6) is 0 Å². The molecule has 10 heteroatoms. The zero-order valence-electron chi connectivity index (χ0n) is 18.6. The Morgan fingerprint density at radius 3 is 2.29 bits per heavy atom. The summed E-state index contributed by atoms with van der Waals surface area (Å²) in [6, 6.07) is 16.0. The fraction of sp³-hybridized carbons (Fsp3) is 0.292. The minimum Gasteiger partial charge on any atom is -0.444 e. The molecule has 0 bridgehead atoms. The van der Waals surface area contributed by atoms with E-state index >= 15 is 0 Å². The molecule has 1 aliphatic heterocycles. The van der Waals surface area contributed by atoms with Crippen LogP contribution in [0.2, 0.25) is 0 Å². The topological polar surface area (TPSA) is 123 Å². The molecule has 34 heavy (non-hydrogen) atoms. The van der Waals surface area contributed by atoms with Gasteiger partial charge < -0.3 is 15.8 Å². The average molecular weight is 531 g/mol. The molecule has 2 aromatic carbocycles. The van der Waals surface area contributed by atoms with Gasteiger partial charge in [0.05, 0.1) is 12.6 Å². The third-order valence-electron chi connectivity index (χ3n) is 5.03. The standard InChI is InChI=1S/C24H27BrN4O5/c1-16(26)23(31)29(24(32)33-15-18-10-6-3-7-11-18)20(12-17-8-4-2-5-9-17)22(30)27-14-19-13-21(25)28-34-19/h2-11,13,16,19-20,28H,12,14-15,26H2,1H3,(H,27,30)/t16-,19?,20-/m0/s1. The molecule has 0 aromatic heterocycles. The Labute approximate surface area is 206 Å². The molecule has 180 valence electrons. The Balaban J connectivity index is 1.82. The molecule has 4 N–H and O–H groups in total. The second-order valence-electron chi connectivity index (χ2n) is 7.76. The number of hydrogen-bond acceptors (Lipinski definition) is 7. The highest BCUT2D eigenvalue weighted by Gasteiger charge is 2.37. The number of carbonyl (C=O) groups excluding carboxylic acids is 3. The molecular formula is C24H27BrN4O5. The van der Waals surface area contributed by atoms with Crippen LogP contribution in [0, 0.1) is 0 Å². The van der Waals surface area contributed by atoms with Gasteiger partial charge in [-0.2, -0.15) is 0 Å². The second kappa shape index (κ2) is 12.3. The van der Waals surface area contributed by atoms with E-state index in [-0.39, 0.29) is 19.6 Å². The predicted molar refractivity (Wildman–Crippen MR) is 129 cm³/mol. The highest BCUT2D eigenvalue weighted by molar-refractivity contribution is 9.11. The summed E-state index contributed by atoms with van der Waals surface area (Å²) in [4.78, 5) is 45.5. The molecule has 0 spiro atoms. The van der Waals surface area contributed by atoms with E-state index in [2.05, 4.69) is 26.7 Å². The number of hydroxylamine groups is 1. The van der Waals surface area contributed by atoms with Crippen LogP contribution >= 0.6 is 15.9 Å². The molecule has 1 heterocycles. The van der Waals surface area contributed by atoms with Gasteiger partial charge >= 0.3 is 6.09 Å². The maximum absolute atomic E-state index is 13.3. The fourth-order valence-corrected chi connectivity index (χ4v) is 3.69. The predicted octanol–water partition coefficient (Wildman–Crippen LogP) is 2.37. The summed E-state index contributed by atoms with van der Waals surface area (Å²) in [5, 5.41) is 2.76. The summed E-state index contributed by atoms with van der Waals surface area (Å²) in [6.45, 7) is 1.53. The van der Waals surface area contributed by atoms with Crippen LogP contribution in [-0.4, -0.2) is 47.5 Å². The van der Waals surface area contributed by atoms with Gasteiger partial charge in [-0.1, -0.05) is 60.7 Å². The number of benzene rings is 2. The summed E-state index contributed by atoms with van der Waals surface area (Å²) in [6.07, 6.45) is 0.474. The second-order valence-corrected chi connectivity index (χ2v) is 8.62. The van der Waals surface area contributed by atoms with Crippen molar-refractivity contribution in [3.05, 3.63) is 82.5 Å². The molecule has 1 aliphatic rings. The van der Waals surface area contributed by atoms with Crippen LogP contribution in [0.3, 0.4) is 0 Å². The van der Waals surface area contributed by atoms with Gasteiger partial charge in [-0.05, 0) is 40.1 Å². The number of nitrogens with zero attached hydrogens (tertiary/aromatic N) is 1. The fourth-order valence-electron chi connectivity index (χ4n) is 3.30. The third kappa shape index (κ3) is 7.14. The minimum absolute atomic E-state index is 0.0531. The number of amides is 3. The van der Waals surface area contributed by atoms with Gasteiger partial charge in [0, 0.05) is 6.42 Å². The van der Waals surface area contributed by atoms with Gasteiger partial charge in [0.2, 0.25) is 11.8 Å². The lowest BCUT2D eigenvalue weighted by Gasteiger charge is -2.30. The minimum atomic E-state index is -1.18. The van der Waals surface area contributed by atoms with Crippen molar-refractivity contribution >= 4 is 33.8 Å². The van der Waals surface area contributed by atoms with Crippen molar-refractivity contribution in [1.82, 2.24) is 15.7 Å². The summed E-state index contributed by atoms with van der Waals surface area (Å²) >= 11 is 3.26. The molecule has 0 fully saturated rings. The summed E-state index contributed by atoms with van der Waals surface area (Å²) < 4.78 is 6.05. The Morgan fingerprint density at radius 2 is 1.74 bits per heavy atom. The number of nitrogens with two attached hydrogens (primary N) is 1. The van der Waals surface area contributed by atoms with Crippen LogP contribution in [0.4, 0.5) is 4.79 Å². The van der Waals surface area contributed by atoms with Crippen molar-refractivity contribution in [1.29, 1.82) is 0 Å². The first-order valence-corrected chi connectivity index (χ1v) is 11.5. The number of imide groups is 1. The van der Waals surface area contributed by atoms with Crippen molar-refractivity contribution in [2.75, 3.05) is 6.54 Å². The van der Waals surface area contributed by atoms with E-state index in [0.717, 1.165) is 16.0 Å². The number of halogens is 1. The molecular weight excluding hydrogens is 504 g/mol. The zero-order valence-corrected chi connectivity index (χ0v) is 20.2. The highest BCUT2D eigenvalue weighted by atomic mass is 79.9. The van der Waals surface area contributed by atoms with E-state index in [9.17, 15) is 14.4 Å². The van der Waals surface area contributed by atoms with E-state index in [1.165, 1.54) is 6.92 Å². The Bertz CT molecular complexity index is 1020. The Kier molecular flexibility index (Phi) is 9.20. The summed E-state index contributed by atoms with van der Waals surface area (Å²) in [5.74, 6) is -1.25. The zero-order chi connectivity index (χ0) is 24.5. The van der Waals surface area contributed by atoms with Gasteiger partial charge in [-0.3, -0.25) is 19.9 Å². The molecule has 1 unspecified atom stereocenters. The SMILES string of the molecule is C[C@H](N)C(=O)N(C(=O)OCc1ccccc1)[C@@H](Cc1ccccc1)C(=O)NCC1C=C(Br)NO1. The van der Waals surface area contributed by atoms with Crippen molar-refractivity contribution in [2.24, 2.45) is 5.73 Å². The first kappa shape index (κ1) is 25.4. The molecule has 0 radical (unpaired) electrons. The molecule has 0 saturated carbocycles. The van der Waals surface area contributed by atoms with E-state index in [1.807, 2.05) is 48.5 Å². The van der Waals surface area contributed by atoms with Gasteiger partial charge in [-0.25, -0.2) is 9.69 Å². The molecule has 9 nitrogen and oxygen atoms in total. The Morgan fingerprint density at radius 1 is 1.12 bits per heavy atom. The quantitative estimate of drug-likeness (QED) is 0.425. The van der Waals surface area contributed by atoms with Crippen molar-refractivity contribution in [3.8, 4) is 0 Å². The monoisotopic (exact) mass is 530 g/mol. The summed E-state index contributed by atoms with van der Waals surface area (Å²) in [7, 11) is 0. The molecule has 2 aromatic rings. The average Bonchev–Trinajstić information content (AvgIpc) is 3.27. The molecule has 3 amide bonds. The van der Waals surface area contributed by atoms with Crippen LogP contribution in [0.1, 0.15) is 18.1 Å². The lowest BCUT2D eigenvalue weighted by Crippen LogP contribution is -2.57. The van der Waals surface area contributed by atoms with Gasteiger partial charge in [-0.15, -0.1) is 0 Å². The molecule has 0 saturated heterocycles. The van der Waals surface area contributed by atoms with Crippen LogP contribution in [0.15, 0.2) is 71.3 Å². The van der Waals surface area contributed by atoms with Gasteiger partial charge in [0.1, 0.15) is 23.4 Å². The molecule has 3 rings (SSSR count). The number of rotatable bonds is 9. The molecule has 3 atom stereocenters. The van der Waals surface area contributed by atoms with E-state index in [4.69, 9.17) is 15.3 Å². The van der Waals surface area contributed by atoms with Crippen molar-refractivity contribution < 1.29 is 24.0 Å². The van der Waals surface area contributed by atoms with Crippen LogP contribution < -0.4 is 16.5 Å². The van der Waals surface area contributed by atoms with Crippen molar-refractivity contribution in [3.63, 3.8) is 0 Å². The van der Waals surface area contributed by atoms with Crippen LogP contribution in [0.25, 0.3) is 0 Å². The lowest BCUT2D eigenvalue weighted by atomic mass is 10.0.